The second-order valence-corrected chi connectivity index (χ2v) is 4.32. The smallest absolute Gasteiger partial charge is 0.379 e. The molecule has 0 saturated carbocycles. The fourth-order valence-electron chi connectivity index (χ4n) is 1.50. The Morgan fingerprint density at radius 3 is 2.55 bits per heavy atom. The Morgan fingerprint density at radius 1 is 1.50 bits per heavy atom. The second-order valence-electron chi connectivity index (χ2n) is 3.91. The maximum Gasteiger partial charge on any atom is 0.379 e. The van der Waals surface area contributed by atoms with Crippen molar-refractivity contribution < 1.29 is 22.7 Å². The molecule has 20 heavy (non-hydrogen) atoms. The highest BCUT2D eigenvalue weighted by molar-refractivity contribution is 6.31. The summed E-state index contributed by atoms with van der Waals surface area (Å²) in [5.41, 5.74) is 4.81. The molecule has 0 amide bonds. The van der Waals surface area contributed by atoms with E-state index >= 15 is 0 Å². The molecule has 0 radical (unpaired) electrons. The SMILES string of the molecule is CCOC(=O)C(F)(F)[C@@H](N)c1c(Cl)ccc(C)c1F.Cl. The molecule has 0 aliphatic rings. The maximum atomic E-state index is 13.8. The minimum atomic E-state index is -4.06. The lowest BCUT2D eigenvalue weighted by Crippen LogP contribution is -2.42. The van der Waals surface area contributed by atoms with E-state index in [9.17, 15) is 18.0 Å². The van der Waals surface area contributed by atoms with Crippen LogP contribution in [0.3, 0.4) is 0 Å². The van der Waals surface area contributed by atoms with Crippen molar-refractivity contribution >= 4 is 30.0 Å². The normalized spacial score (nSPS) is 12.6. The third-order valence-electron chi connectivity index (χ3n) is 2.57. The van der Waals surface area contributed by atoms with Crippen molar-refractivity contribution in [3.63, 3.8) is 0 Å². The minimum absolute atomic E-state index is 0. The lowest BCUT2D eigenvalue weighted by Gasteiger charge is -2.23. The number of nitrogens with two attached hydrogens (primary N) is 1. The zero-order valence-electron chi connectivity index (χ0n) is 10.8. The van der Waals surface area contributed by atoms with Crippen molar-refractivity contribution in [1.29, 1.82) is 0 Å². The Hall–Kier alpha value is -0.980. The Balaban J connectivity index is 0.00000361. The molecule has 1 atom stereocenters. The van der Waals surface area contributed by atoms with Gasteiger partial charge in [-0.3, -0.25) is 0 Å². The molecule has 114 valence electrons. The zero-order valence-corrected chi connectivity index (χ0v) is 12.3. The third kappa shape index (κ3) is 3.56. The molecule has 0 saturated heterocycles. The average Bonchev–Trinajstić information content (AvgIpc) is 2.34. The highest BCUT2D eigenvalue weighted by atomic mass is 35.5. The van der Waals surface area contributed by atoms with E-state index in [1.54, 1.807) is 0 Å². The van der Waals surface area contributed by atoms with Gasteiger partial charge in [0.05, 0.1) is 6.61 Å². The number of carbonyl (C=O) groups is 1. The van der Waals surface area contributed by atoms with Crippen LogP contribution in [-0.4, -0.2) is 18.5 Å². The summed E-state index contributed by atoms with van der Waals surface area (Å²) < 4.78 is 45.6. The number of ether oxygens (including phenoxy) is 1. The molecule has 0 fully saturated rings. The van der Waals surface area contributed by atoms with Crippen LogP contribution in [0.2, 0.25) is 5.02 Å². The van der Waals surface area contributed by atoms with Gasteiger partial charge in [0.15, 0.2) is 0 Å². The summed E-state index contributed by atoms with van der Waals surface area (Å²) >= 11 is 5.68. The number of carbonyl (C=O) groups excluding carboxylic acids is 1. The van der Waals surface area contributed by atoms with Gasteiger partial charge in [0.2, 0.25) is 0 Å². The van der Waals surface area contributed by atoms with Crippen molar-refractivity contribution in [3.05, 3.63) is 34.1 Å². The molecular formula is C12H14Cl2F3NO2. The first-order valence-electron chi connectivity index (χ1n) is 5.48. The number of alkyl halides is 2. The van der Waals surface area contributed by atoms with E-state index in [1.807, 2.05) is 0 Å². The van der Waals surface area contributed by atoms with Gasteiger partial charge >= 0.3 is 11.9 Å². The summed E-state index contributed by atoms with van der Waals surface area (Å²) in [5, 5.41) is -0.264. The van der Waals surface area contributed by atoms with E-state index in [2.05, 4.69) is 4.74 Å². The molecule has 0 unspecified atom stereocenters. The Labute approximate surface area is 125 Å². The molecule has 0 bridgehead atoms. The van der Waals surface area contributed by atoms with Gasteiger partial charge in [-0.2, -0.15) is 8.78 Å². The third-order valence-corrected chi connectivity index (χ3v) is 2.90. The Kier molecular flexibility index (Phi) is 6.80. The van der Waals surface area contributed by atoms with Crippen LogP contribution >= 0.6 is 24.0 Å². The summed E-state index contributed by atoms with van der Waals surface area (Å²) in [6, 6.07) is 0.367. The molecule has 1 aromatic rings. The topological polar surface area (TPSA) is 52.3 Å². The highest BCUT2D eigenvalue weighted by Gasteiger charge is 2.49. The first-order chi connectivity index (χ1) is 8.73. The average molecular weight is 332 g/mol. The van der Waals surface area contributed by atoms with E-state index in [0.717, 1.165) is 0 Å². The summed E-state index contributed by atoms with van der Waals surface area (Å²) in [5.74, 6) is -6.82. The number of benzene rings is 1. The molecule has 1 aromatic carbocycles. The van der Waals surface area contributed by atoms with Gasteiger partial charge in [0.1, 0.15) is 11.9 Å². The zero-order chi connectivity index (χ0) is 14.8. The number of aryl methyl sites for hydroxylation is 1. The molecule has 0 aliphatic carbocycles. The van der Waals surface area contributed by atoms with Gasteiger partial charge in [-0.05, 0) is 25.5 Å². The van der Waals surface area contributed by atoms with E-state index < -0.39 is 29.3 Å². The first kappa shape index (κ1) is 19.0. The highest BCUT2D eigenvalue weighted by Crippen LogP contribution is 2.36. The van der Waals surface area contributed by atoms with Crippen molar-refractivity contribution in [2.24, 2.45) is 5.73 Å². The molecule has 2 N–H and O–H groups in total. The molecule has 3 nitrogen and oxygen atoms in total. The quantitative estimate of drug-likeness (QED) is 0.860. The fourth-order valence-corrected chi connectivity index (χ4v) is 1.76. The monoisotopic (exact) mass is 331 g/mol. The van der Waals surface area contributed by atoms with E-state index in [-0.39, 0.29) is 29.6 Å². The van der Waals surface area contributed by atoms with Crippen LogP contribution in [0.5, 0.6) is 0 Å². The number of hydrogen-bond acceptors (Lipinski definition) is 3. The summed E-state index contributed by atoms with van der Waals surface area (Å²) in [4.78, 5) is 11.2. The maximum absolute atomic E-state index is 13.8. The fraction of sp³-hybridized carbons (Fsp3) is 0.417. The molecule has 1 rings (SSSR count). The number of halogens is 5. The number of rotatable bonds is 4. The van der Waals surface area contributed by atoms with Crippen LogP contribution in [0.1, 0.15) is 24.1 Å². The summed E-state index contributed by atoms with van der Waals surface area (Å²) in [6.07, 6.45) is 0. The van der Waals surface area contributed by atoms with Gasteiger partial charge in [-0.25, -0.2) is 9.18 Å². The van der Waals surface area contributed by atoms with Crippen molar-refractivity contribution in [2.45, 2.75) is 25.8 Å². The van der Waals surface area contributed by atoms with Gasteiger partial charge in [-0.15, -0.1) is 12.4 Å². The first-order valence-corrected chi connectivity index (χ1v) is 5.86. The lowest BCUT2D eigenvalue weighted by molar-refractivity contribution is -0.174. The largest absolute Gasteiger partial charge is 0.462 e. The van der Waals surface area contributed by atoms with Crippen LogP contribution in [0, 0.1) is 12.7 Å². The van der Waals surface area contributed by atoms with E-state index in [4.69, 9.17) is 17.3 Å². The molecule has 0 aromatic heterocycles. The van der Waals surface area contributed by atoms with E-state index in [0.29, 0.717) is 0 Å². The van der Waals surface area contributed by atoms with Gasteiger partial charge < -0.3 is 10.5 Å². The summed E-state index contributed by atoms with van der Waals surface area (Å²) in [6.45, 7) is 2.52. The van der Waals surface area contributed by atoms with Crippen LogP contribution in [0.15, 0.2) is 12.1 Å². The molecule has 0 heterocycles. The van der Waals surface area contributed by atoms with E-state index in [1.165, 1.54) is 26.0 Å². The van der Waals surface area contributed by atoms with Crippen LogP contribution in [0.25, 0.3) is 0 Å². The molecule has 8 heteroatoms. The van der Waals surface area contributed by atoms with Gasteiger partial charge in [0.25, 0.3) is 0 Å². The van der Waals surface area contributed by atoms with Gasteiger partial charge in [-0.1, -0.05) is 17.7 Å². The molecule has 0 aliphatic heterocycles. The van der Waals surface area contributed by atoms with Crippen molar-refractivity contribution in [3.8, 4) is 0 Å². The Bertz CT molecular complexity index is 498. The van der Waals surface area contributed by atoms with Crippen molar-refractivity contribution in [2.75, 3.05) is 6.61 Å². The Morgan fingerprint density at radius 2 is 2.05 bits per heavy atom. The molecular weight excluding hydrogens is 318 g/mol. The number of hydrogen-bond donors (Lipinski definition) is 1. The predicted molar refractivity (Wildman–Crippen MR) is 71.9 cm³/mol. The van der Waals surface area contributed by atoms with Crippen LogP contribution in [0.4, 0.5) is 13.2 Å². The molecule has 0 spiro atoms. The lowest BCUT2D eigenvalue weighted by atomic mass is 9.98. The summed E-state index contributed by atoms with van der Waals surface area (Å²) in [7, 11) is 0. The van der Waals surface area contributed by atoms with Gasteiger partial charge in [0, 0.05) is 10.6 Å². The number of esters is 1. The van der Waals surface area contributed by atoms with Crippen LogP contribution < -0.4 is 5.73 Å². The second kappa shape index (κ2) is 7.15. The standard InChI is InChI=1S/C12H13ClF3NO2.ClH/c1-3-19-11(18)12(15,16)10(17)8-7(13)5-4-6(2)9(8)14;/h4-5,10H,3,17H2,1-2H3;1H/t10-;/m0./s1. The minimum Gasteiger partial charge on any atom is -0.462 e. The van der Waals surface area contributed by atoms with Crippen LogP contribution in [-0.2, 0) is 9.53 Å². The predicted octanol–water partition coefficient (Wildman–Crippen LogP) is 3.41. The van der Waals surface area contributed by atoms with Crippen molar-refractivity contribution in [1.82, 2.24) is 0 Å².